The maximum absolute atomic E-state index is 12.6. The van der Waals surface area contributed by atoms with Crippen LogP contribution >= 0.6 is 11.6 Å². The van der Waals surface area contributed by atoms with E-state index in [0.29, 0.717) is 0 Å². The Labute approximate surface area is 92.7 Å². The maximum Gasteiger partial charge on any atom is 0.351 e. The van der Waals surface area contributed by atoms with Crippen LogP contribution < -0.4 is 0 Å². The first-order valence-corrected chi connectivity index (χ1v) is 5.16. The maximum atomic E-state index is 12.6. The van der Waals surface area contributed by atoms with Crippen molar-refractivity contribution in [3.05, 3.63) is 35.4 Å². The Morgan fingerprint density at radius 3 is 2.67 bits per heavy atom. The van der Waals surface area contributed by atoms with Gasteiger partial charge in [0.2, 0.25) is 0 Å². The van der Waals surface area contributed by atoms with Crippen LogP contribution in [0.2, 0.25) is 0 Å². The summed E-state index contributed by atoms with van der Waals surface area (Å²) in [4.78, 5) is 0. The van der Waals surface area contributed by atoms with Crippen molar-refractivity contribution >= 4 is 11.6 Å². The zero-order valence-electron chi connectivity index (χ0n) is 8.38. The van der Waals surface area contributed by atoms with E-state index in [1.54, 1.807) is 12.1 Å². The third-order valence-electron chi connectivity index (χ3n) is 2.12. The molecule has 1 atom stereocenters. The number of aliphatic hydroxyl groups excluding tert-OH is 1. The molecule has 0 heterocycles. The Bertz CT molecular complexity index is 323. The summed E-state index contributed by atoms with van der Waals surface area (Å²) in [6.07, 6.45) is -0.221. The predicted octanol–water partition coefficient (Wildman–Crippen LogP) is 3.50. The molecule has 1 unspecified atom stereocenters. The van der Waals surface area contributed by atoms with E-state index in [1.807, 2.05) is 13.0 Å². The predicted molar refractivity (Wildman–Crippen MR) is 56.2 cm³/mol. The van der Waals surface area contributed by atoms with Crippen LogP contribution in [0.3, 0.4) is 0 Å². The van der Waals surface area contributed by atoms with Crippen molar-refractivity contribution in [3.63, 3.8) is 0 Å². The molecule has 1 aromatic rings. The molecule has 0 aromatic heterocycles. The molecule has 0 saturated heterocycles. The highest BCUT2D eigenvalue weighted by molar-refractivity contribution is 6.22. The Morgan fingerprint density at radius 2 is 2.13 bits per heavy atom. The van der Waals surface area contributed by atoms with Gasteiger partial charge in [-0.3, -0.25) is 0 Å². The molecule has 0 radical (unpaired) electrons. The molecule has 0 amide bonds. The van der Waals surface area contributed by atoms with Crippen molar-refractivity contribution in [3.8, 4) is 0 Å². The Hall–Kier alpha value is -0.670. The largest absolute Gasteiger partial charge is 0.381 e. The zero-order valence-corrected chi connectivity index (χ0v) is 9.14. The summed E-state index contributed by atoms with van der Waals surface area (Å²) in [5.41, 5.74) is 1.08. The fourth-order valence-corrected chi connectivity index (χ4v) is 1.52. The SMILES string of the molecule is CCCc1cccc(C(O)C(F)(F)Cl)c1. The minimum Gasteiger partial charge on any atom is -0.381 e. The van der Waals surface area contributed by atoms with Gasteiger partial charge < -0.3 is 5.11 Å². The van der Waals surface area contributed by atoms with E-state index in [0.717, 1.165) is 18.4 Å². The molecule has 0 fully saturated rings. The van der Waals surface area contributed by atoms with Crippen molar-refractivity contribution in [2.45, 2.75) is 31.3 Å². The van der Waals surface area contributed by atoms with E-state index in [4.69, 9.17) is 11.6 Å². The fourth-order valence-electron chi connectivity index (χ4n) is 1.40. The van der Waals surface area contributed by atoms with Crippen molar-refractivity contribution < 1.29 is 13.9 Å². The lowest BCUT2D eigenvalue weighted by molar-refractivity contribution is -0.0424. The first kappa shape index (κ1) is 12.4. The van der Waals surface area contributed by atoms with Crippen molar-refractivity contribution in [2.24, 2.45) is 0 Å². The molecule has 1 aromatic carbocycles. The van der Waals surface area contributed by atoms with Gasteiger partial charge in [-0.15, -0.1) is 0 Å². The first-order valence-electron chi connectivity index (χ1n) is 4.78. The van der Waals surface area contributed by atoms with Gasteiger partial charge in [0.15, 0.2) is 6.10 Å². The molecular weight excluding hydrogens is 222 g/mol. The summed E-state index contributed by atoms with van der Waals surface area (Å²) in [7, 11) is 0. The summed E-state index contributed by atoms with van der Waals surface area (Å²) in [5.74, 6) is 0. The highest BCUT2D eigenvalue weighted by Crippen LogP contribution is 2.34. The topological polar surface area (TPSA) is 20.2 Å². The molecule has 84 valence electrons. The number of halogens is 3. The van der Waals surface area contributed by atoms with Crippen molar-refractivity contribution in [1.29, 1.82) is 0 Å². The van der Waals surface area contributed by atoms with Gasteiger partial charge in [0.05, 0.1) is 0 Å². The van der Waals surface area contributed by atoms with E-state index >= 15 is 0 Å². The third kappa shape index (κ3) is 3.43. The molecule has 1 N–H and O–H groups in total. The van der Waals surface area contributed by atoms with Gasteiger partial charge >= 0.3 is 5.38 Å². The monoisotopic (exact) mass is 234 g/mol. The van der Waals surface area contributed by atoms with Crippen LogP contribution in [0.15, 0.2) is 24.3 Å². The average Bonchev–Trinajstić information content (AvgIpc) is 2.16. The molecule has 0 saturated carbocycles. The van der Waals surface area contributed by atoms with Gasteiger partial charge in [-0.25, -0.2) is 0 Å². The highest BCUT2D eigenvalue weighted by Gasteiger charge is 2.36. The van der Waals surface area contributed by atoms with Crippen LogP contribution in [-0.4, -0.2) is 10.5 Å². The molecule has 0 aliphatic heterocycles. The van der Waals surface area contributed by atoms with Crippen molar-refractivity contribution in [1.82, 2.24) is 0 Å². The summed E-state index contributed by atoms with van der Waals surface area (Å²) < 4.78 is 25.3. The van der Waals surface area contributed by atoms with Crippen LogP contribution in [0, 0.1) is 0 Å². The standard InChI is InChI=1S/C11H13ClF2O/c1-2-4-8-5-3-6-9(7-8)10(15)11(12,13)14/h3,5-7,10,15H,2,4H2,1H3. The second-order valence-corrected chi connectivity index (χ2v) is 3.94. The lowest BCUT2D eigenvalue weighted by atomic mass is 10.0. The normalized spacial score (nSPS) is 13.9. The van der Waals surface area contributed by atoms with Gasteiger partial charge in [0, 0.05) is 0 Å². The number of rotatable bonds is 4. The minimum atomic E-state index is -3.62. The van der Waals surface area contributed by atoms with Gasteiger partial charge in [0.25, 0.3) is 0 Å². The number of benzene rings is 1. The number of alkyl halides is 3. The molecule has 0 bridgehead atoms. The molecule has 15 heavy (non-hydrogen) atoms. The second kappa shape index (κ2) is 4.90. The molecule has 1 rings (SSSR count). The van der Waals surface area contributed by atoms with Crippen LogP contribution in [0.5, 0.6) is 0 Å². The van der Waals surface area contributed by atoms with Crippen LogP contribution in [0.4, 0.5) is 8.78 Å². The lowest BCUT2D eigenvalue weighted by Crippen LogP contribution is -2.18. The molecular formula is C11H13ClF2O. The number of aryl methyl sites for hydroxylation is 1. The first-order chi connectivity index (χ1) is 6.95. The van der Waals surface area contributed by atoms with Gasteiger partial charge in [-0.05, 0) is 29.1 Å². The van der Waals surface area contributed by atoms with Gasteiger partial charge in [0.1, 0.15) is 0 Å². The minimum absolute atomic E-state index is 0.154. The summed E-state index contributed by atoms with van der Waals surface area (Å²) in [5, 5.41) is 5.65. The number of aliphatic hydroxyl groups is 1. The number of hydrogen-bond acceptors (Lipinski definition) is 1. The van der Waals surface area contributed by atoms with Crippen LogP contribution in [0.25, 0.3) is 0 Å². The zero-order chi connectivity index (χ0) is 11.5. The van der Waals surface area contributed by atoms with Gasteiger partial charge in [-0.2, -0.15) is 8.78 Å². The quantitative estimate of drug-likeness (QED) is 0.791. The highest BCUT2D eigenvalue weighted by atomic mass is 35.5. The number of hydrogen-bond donors (Lipinski definition) is 1. The summed E-state index contributed by atoms with van der Waals surface area (Å²) >= 11 is 4.76. The second-order valence-electron chi connectivity index (χ2n) is 3.44. The molecule has 0 spiro atoms. The Morgan fingerprint density at radius 1 is 1.47 bits per heavy atom. The van der Waals surface area contributed by atoms with E-state index in [1.165, 1.54) is 6.07 Å². The molecule has 4 heteroatoms. The van der Waals surface area contributed by atoms with E-state index in [-0.39, 0.29) is 5.56 Å². The Kier molecular flexibility index (Phi) is 4.05. The summed E-state index contributed by atoms with van der Waals surface area (Å²) in [6, 6.07) is 6.49. The van der Waals surface area contributed by atoms with Gasteiger partial charge in [-0.1, -0.05) is 37.6 Å². The summed E-state index contributed by atoms with van der Waals surface area (Å²) in [6.45, 7) is 2.00. The average molecular weight is 235 g/mol. The third-order valence-corrected chi connectivity index (χ3v) is 2.32. The van der Waals surface area contributed by atoms with Crippen LogP contribution in [-0.2, 0) is 6.42 Å². The molecule has 0 aliphatic carbocycles. The van der Waals surface area contributed by atoms with E-state index in [9.17, 15) is 13.9 Å². The molecule has 0 aliphatic rings. The van der Waals surface area contributed by atoms with Crippen molar-refractivity contribution in [2.75, 3.05) is 0 Å². The fraction of sp³-hybridized carbons (Fsp3) is 0.455. The van der Waals surface area contributed by atoms with E-state index < -0.39 is 11.5 Å². The Balaban J connectivity index is 2.90. The smallest absolute Gasteiger partial charge is 0.351 e. The lowest BCUT2D eigenvalue weighted by Gasteiger charge is -2.16. The molecule has 1 nitrogen and oxygen atoms in total. The van der Waals surface area contributed by atoms with E-state index in [2.05, 4.69) is 0 Å². The van der Waals surface area contributed by atoms with Crippen LogP contribution in [0.1, 0.15) is 30.6 Å².